The monoisotopic (exact) mass is 298 g/mol. The van der Waals surface area contributed by atoms with E-state index in [0.717, 1.165) is 25.9 Å². The topological polar surface area (TPSA) is 35.5 Å². The maximum atomic E-state index is 11.6. The molecule has 1 atom stereocenters. The molecule has 1 saturated heterocycles. The van der Waals surface area contributed by atoms with Gasteiger partial charge < -0.3 is 9.47 Å². The van der Waals surface area contributed by atoms with Crippen molar-refractivity contribution in [3.8, 4) is 0 Å². The van der Waals surface area contributed by atoms with Crippen molar-refractivity contribution in [2.45, 2.75) is 96.5 Å². The average molecular weight is 298 g/mol. The van der Waals surface area contributed by atoms with Gasteiger partial charge in [-0.2, -0.15) is 0 Å². The minimum absolute atomic E-state index is 0.0187. The SMILES string of the molecule is CCCCCCCCCCCCCC(=O)OC1CCOC1. The fourth-order valence-electron chi connectivity index (χ4n) is 2.78. The summed E-state index contributed by atoms with van der Waals surface area (Å²) in [5, 5.41) is 0. The molecule has 0 N–H and O–H groups in total. The highest BCUT2D eigenvalue weighted by molar-refractivity contribution is 5.69. The fourth-order valence-corrected chi connectivity index (χ4v) is 2.78. The van der Waals surface area contributed by atoms with Crippen LogP contribution in [0.5, 0.6) is 0 Å². The summed E-state index contributed by atoms with van der Waals surface area (Å²) in [5.74, 6) is -0.0403. The van der Waals surface area contributed by atoms with E-state index in [1.807, 2.05) is 0 Å². The van der Waals surface area contributed by atoms with Gasteiger partial charge in [-0.05, 0) is 6.42 Å². The first-order valence-electron chi connectivity index (χ1n) is 9.10. The Labute approximate surface area is 130 Å². The van der Waals surface area contributed by atoms with E-state index in [9.17, 15) is 4.79 Å². The molecule has 1 aliphatic rings. The molecule has 0 bridgehead atoms. The van der Waals surface area contributed by atoms with Crippen LogP contribution >= 0.6 is 0 Å². The van der Waals surface area contributed by atoms with E-state index in [0.29, 0.717) is 13.0 Å². The summed E-state index contributed by atoms with van der Waals surface area (Å²) in [6.45, 7) is 3.58. The lowest BCUT2D eigenvalue weighted by molar-refractivity contribution is -0.149. The van der Waals surface area contributed by atoms with Crippen LogP contribution in [-0.4, -0.2) is 25.3 Å². The van der Waals surface area contributed by atoms with Crippen LogP contribution in [0.15, 0.2) is 0 Å². The number of hydrogen-bond acceptors (Lipinski definition) is 3. The maximum absolute atomic E-state index is 11.6. The zero-order valence-corrected chi connectivity index (χ0v) is 13.9. The van der Waals surface area contributed by atoms with Crippen molar-refractivity contribution in [1.82, 2.24) is 0 Å². The van der Waals surface area contributed by atoms with Gasteiger partial charge in [0, 0.05) is 12.8 Å². The molecule has 0 aliphatic carbocycles. The summed E-state index contributed by atoms with van der Waals surface area (Å²) in [4.78, 5) is 11.6. The molecule has 124 valence electrons. The predicted octanol–water partition coefficient (Wildman–Crippen LogP) is 5.02. The van der Waals surface area contributed by atoms with Crippen LogP contribution in [0.3, 0.4) is 0 Å². The van der Waals surface area contributed by atoms with Crippen molar-refractivity contribution in [2.24, 2.45) is 0 Å². The van der Waals surface area contributed by atoms with Crippen molar-refractivity contribution in [1.29, 1.82) is 0 Å². The van der Waals surface area contributed by atoms with Gasteiger partial charge in [0.15, 0.2) is 0 Å². The minimum atomic E-state index is -0.0403. The molecule has 3 heteroatoms. The van der Waals surface area contributed by atoms with Gasteiger partial charge in [-0.3, -0.25) is 4.79 Å². The summed E-state index contributed by atoms with van der Waals surface area (Å²) < 4.78 is 10.5. The molecule has 1 aliphatic heterocycles. The quantitative estimate of drug-likeness (QED) is 0.354. The van der Waals surface area contributed by atoms with Crippen LogP contribution < -0.4 is 0 Å². The molecular formula is C18H34O3. The van der Waals surface area contributed by atoms with E-state index in [1.165, 1.54) is 57.8 Å². The molecule has 0 aromatic rings. The third kappa shape index (κ3) is 10.8. The summed E-state index contributed by atoms with van der Waals surface area (Å²) in [6, 6.07) is 0. The van der Waals surface area contributed by atoms with Gasteiger partial charge in [0.05, 0.1) is 13.2 Å². The molecule has 0 amide bonds. The van der Waals surface area contributed by atoms with E-state index >= 15 is 0 Å². The molecular weight excluding hydrogens is 264 g/mol. The van der Waals surface area contributed by atoms with Gasteiger partial charge in [-0.15, -0.1) is 0 Å². The van der Waals surface area contributed by atoms with Crippen LogP contribution in [0.4, 0.5) is 0 Å². The first-order chi connectivity index (χ1) is 10.3. The summed E-state index contributed by atoms with van der Waals surface area (Å²) in [6.07, 6.45) is 15.8. The lowest BCUT2D eigenvalue weighted by Gasteiger charge is -2.09. The fraction of sp³-hybridized carbons (Fsp3) is 0.944. The zero-order valence-electron chi connectivity index (χ0n) is 13.9. The van der Waals surface area contributed by atoms with E-state index < -0.39 is 0 Å². The number of unbranched alkanes of at least 4 members (excludes halogenated alkanes) is 10. The third-order valence-corrected chi connectivity index (χ3v) is 4.17. The molecule has 1 rings (SSSR count). The minimum Gasteiger partial charge on any atom is -0.460 e. The Bertz CT molecular complexity index is 247. The molecule has 1 heterocycles. The molecule has 0 radical (unpaired) electrons. The molecule has 0 saturated carbocycles. The van der Waals surface area contributed by atoms with Gasteiger partial charge in [0.2, 0.25) is 0 Å². The second-order valence-electron chi connectivity index (χ2n) is 6.26. The predicted molar refractivity (Wildman–Crippen MR) is 86.4 cm³/mol. The highest BCUT2D eigenvalue weighted by atomic mass is 16.6. The Morgan fingerprint density at radius 3 is 2.05 bits per heavy atom. The van der Waals surface area contributed by atoms with Crippen molar-refractivity contribution in [3.05, 3.63) is 0 Å². The number of hydrogen-bond donors (Lipinski definition) is 0. The van der Waals surface area contributed by atoms with Crippen LogP contribution in [0.25, 0.3) is 0 Å². The second kappa shape index (κ2) is 13.1. The largest absolute Gasteiger partial charge is 0.460 e. The van der Waals surface area contributed by atoms with Crippen LogP contribution in [-0.2, 0) is 14.3 Å². The van der Waals surface area contributed by atoms with Gasteiger partial charge in [0.25, 0.3) is 0 Å². The Hall–Kier alpha value is -0.570. The third-order valence-electron chi connectivity index (χ3n) is 4.17. The first kappa shape index (κ1) is 18.5. The zero-order chi connectivity index (χ0) is 15.2. The summed E-state index contributed by atoms with van der Waals surface area (Å²) in [7, 11) is 0. The highest BCUT2D eigenvalue weighted by Crippen LogP contribution is 2.13. The number of esters is 1. The smallest absolute Gasteiger partial charge is 0.306 e. The normalized spacial score (nSPS) is 18.0. The van der Waals surface area contributed by atoms with Gasteiger partial charge in [-0.25, -0.2) is 0 Å². The Kier molecular flexibility index (Phi) is 11.5. The van der Waals surface area contributed by atoms with Crippen molar-refractivity contribution < 1.29 is 14.3 Å². The van der Waals surface area contributed by atoms with Crippen molar-refractivity contribution >= 4 is 5.97 Å². The number of ether oxygens (including phenoxy) is 2. The molecule has 0 aromatic heterocycles. The molecule has 0 spiro atoms. The molecule has 3 nitrogen and oxygen atoms in total. The molecule has 21 heavy (non-hydrogen) atoms. The lowest BCUT2D eigenvalue weighted by Crippen LogP contribution is -2.17. The molecule has 0 aromatic carbocycles. The standard InChI is InChI=1S/C18H34O3/c1-2-3-4-5-6-7-8-9-10-11-12-13-18(19)21-17-14-15-20-16-17/h17H,2-16H2,1H3. The van der Waals surface area contributed by atoms with Crippen LogP contribution in [0.2, 0.25) is 0 Å². The number of rotatable bonds is 13. The van der Waals surface area contributed by atoms with E-state index in [1.54, 1.807) is 0 Å². The average Bonchev–Trinajstić information content (AvgIpc) is 2.97. The Balaban J connectivity index is 1.76. The van der Waals surface area contributed by atoms with Crippen molar-refractivity contribution in [3.63, 3.8) is 0 Å². The number of carbonyl (C=O) groups excluding carboxylic acids is 1. The lowest BCUT2D eigenvalue weighted by atomic mass is 10.1. The summed E-state index contributed by atoms with van der Waals surface area (Å²) >= 11 is 0. The van der Waals surface area contributed by atoms with Gasteiger partial charge >= 0.3 is 5.97 Å². The second-order valence-corrected chi connectivity index (χ2v) is 6.26. The molecule has 1 fully saturated rings. The van der Waals surface area contributed by atoms with Gasteiger partial charge in [0.1, 0.15) is 6.10 Å². The van der Waals surface area contributed by atoms with Gasteiger partial charge in [-0.1, -0.05) is 71.1 Å². The molecule has 1 unspecified atom stereocenters. The summed E-state index contributed by atoms with van der Waals surface area (Å²) in [5.41, 5.74) is 0. The maximum Gasteiger partial charge on any atom is 0.306 e. The highest BCUT2D eigenvalue weighted by Gasteiger charge is 2.19. The Morgan fingerprint density at radius 1 is 0.952 bits per heavy atom. The van der Waals surface area contributed by atoms with Crippen LogP contribution in [0, 0.1) is 0 Å². The Morgan fingerprint density at radius 2 is 1.52 bits per heavy atom. The van der Waals surface area contributed by atoms with E-state index in [2.05, 4.69) is 6.92 Å². The van der Waals surface area contributed by atoms with E-state index in [-0.39, 0.29) is 12.1 Å². The van der Waals surface area contributed by atoms with Crippen molar-refractivity contribution in [2.75, 3.05) is 13.2 Å². The van der Waals surface area contributed by atoms with E-state index in [4.69, 9.17) is 9.47 Å². The first-order valence-corrected chi connectivity index (χ1v) is 9.10. The van der Waals surface area contributed by atoms with Crippen LogP contribution in [0.1, 0.15) is 90.4 Å². The number of carbonyl (C=O) groups is 1.